The Hall–Kier alpha value is -1.88. The van der Waals surface area contributed by atoms with E-state index >= 15 is 0 Å². The number of carboxylic acids is 1. The Morgan fingerprint density at radius 2 is 2.00 bits per heavy atom. The van der Waals surface area contributed by atoms with Gasteiger partial charge in [0.05, 0.1) is 25.2 Å². The van der Waals surface area contributed by atoms with Crippen molar-refractivity contribution in [1.82, 2.24) is 4.90 Å². The molecule has 1 heterocycles. The standard InChI is InChI=1S/C13H15NO4/c15-12(14-4-6-18-7-5-14)9-10-2-1-3-11(8-10)13(16)17/h1-3,8H,4-7,9H2,(H,16,17). The summed E-state index contributed by atoms with van der Waals surface area (Å²) in [5.41, 5.74) is 0.939. The molecule has 1 aromatic rings. The van der Waals surface area contributed by atoms with Crippen LogP contribution in [0.3, 0.4) is 0 Å². The number of rotatable bonds is 3. The summed E-state index contributed by atoms with van der Waals surface area (Å²) < 4.78 is 5.18. The fourth-order valence-corrected chi connectivity index (χ4v) is 1.91. The second-order valence-corrected chi connectivity index (χ2v) is 4.18. The molecular formula is C13H15NO4. The molecule has 5 heteroatoms. The zero-order valence-corrected chi connectivity index (χ0v) is 9.96. The van der Waals surface area contributed by atoms with Gasteiger partial charge in [-0.25, -0.2) is 4.79 Å². The maximum atomic E-state index is 12.0. The number of ether oxygens (including phenoxy) is 1. The monoisotopic (exact) mass is 249 g/mol. The second-order valence-electron chi connectivity index (χ2n) is 4.18. The van der Waals surface area contributed by atoms with Gasteiger partial charge in [-0.15, -0.1) is 0 Å². The van der Waals surface area contributed by atoms with Crippen LogP contribution in [-0.4, -0.2) is 48.2 Å². The van der Waals surface area contributed by atoms with Gasteiger partial charge in [-0.05, 0) is 17.7 Å². The smallest absolute Gasteiger partial charge is 0.335 e. The highest BCUT2D eigenvalue weighted by Crippen LogP contribution is 2.08. The van der Waals surface area contributed by atoms with Crippen molar-refractivity contribution in [3.8, 4) is 0 Å². The molecule has 96 valence electrons. The number of hydrogen-bond donors (Lipinski definition) is 1. The number of benzene rings is 1. The average Bonchev–Trinajstić information content (AvgIpc) is 2.40. The highest BCUT2D eigenvalue weighted by Gasteiger charge is 2.17. The van der Waals surface area contributed by atoms with Crippen molar-refractivity contribution in [3.63, 3.8) is 0 Å². The Balaban J connectivity index is 2.02. The first-order valence-electron chi connectivity index (χ1n) is 5.84. The van der Waals surface area contributed by atoms with Gasteiger partial charge in [-0.2, -0.15) is 0 Å². The van der Waals surface area contributed by atoms with Crippen molar-refractivity contribution in [2.45, 2.75) is 6.42 Å². The summed E-state index contributed by atoms with van der Waals surface area (Å²) in [6.07, 6.45) is 0.237. The van der Waals surface area contributed by atoms with Crippen LogP contribution in [0.2, 0.25) is 0 Å². The zero-order valence-electron chi connectivity index (χ0n) is 9.96. The highest BCUT2D eigenvalue weighted by atomic mass is 16.5. The van der Waals surface area contributed by atoms with E-state index in [1.165, 1.54) is 6.07 Å². The van der Waals surface area contributed by atoms with Crippen LogP contribution in [0.4, 0.5) is 0 Å². The Morgan fingerprint density at radius 3 is 2.67 bits per heavy atom. The van der Waals surface area contributed by atoms with Crippen LogP contribution in [0, 0.1) is 0 Å². The van der Waals surface area contributed by atoms with Gasteiger partial charge in [0.1, 0.15) is 0 Å². The fourth-order valence-electron chi connectivity index (χ4n) is 1.91. The first kappa shape index (κ1) is 12.6. The summed E-state index contributed by atoms with van der Waals surface area (Å²) in [7, 11) is 0. The Bertz CT molecular complexity index is 452. The molecule has 5 nitrogen and oxygen atoms in total. The molecule has 0 aliphatic carbocycles. The lowest BCUT2D eigenvalue weighted by Gasteiger charge is -2.26. The zero-order chi connectivity index (χ0) is 13.0. The van der Waals surface area contributed by atoms with Crippen LogP contribution < -0.4 is 0 Å². The first-order chi connectivity index (χ1) is 8.66. The number of carboxylic acid groups (broad SMARTS) is 1. The number of amides is 1. The molecule has 0 aromatic heterocycles. The molecule has 1 N–H and O–H groups in total. The summed E-state index contributed by atoms with van der Waals surface area (Å²) in [5, 5.41) is 8.88. The SMILES string of the molecule is O=C(O)c1cccc(CC(=O)N2CCOCC2)c1. The number of nitrogens with zero attached hydrogens (tertiary/aromatic N) is 1. The molecule has 1 aliphatic rings. The van der Waals surface area contributed by atoms with Crippen molar-refractivity contribution in [1.29, 1.82) is 0 Å². The molecule has 0 atom stereocenters. The molecule has 0 radical (unpaired) electrons. The van der Waals surface area contributed by atoms with Gasteiger partial charge in [-0.1, -0.05) is 12.1 Å². The third kappa shape index (κ3) is 3.07. The molecule has 18 heavy (non-hydrogen) atoms. The predicted octanol–water partition coefficient (Wildman–Crippen LogP) is 0.786. The number of carbonyl (C=O) groups is 2. The van der Waals surface area contributed by atoms with Gasteiger partial charge < -0.3 is 14.7 Å². The molecule has 1 aliphatic heterocycles. The van der Waals surface area contributed by atoms with Crippen LogP contribution >= 0.6 is 0 Å². The van der Waals surface area contributed by atoms with Gasteiger partial charge in [0.25, 0.3) is 0 Å². The van der Waals surface area contributed by atoms with Crippen molar-refractivity contribution < 1.29 is 19.4 Å². The molecule has 1 amide bonds. The van der Waals surface area contributed by atoms with Crippen LogP contribution in [0.1, 0.15) is 15.9 Å². The minimum atomic E-state index is -0.976. The van der Waals surface area contributed by atoms with E-state index in [9.17, 15) is 9.59 Å². The topological polar surface area (TPSA) is 66.8 Å². The summed E-state index contributed by atoms with van der Waals surface area (Å²) >= 11 is 0. The van der Waals surface area contributed by atoms with Crippen LogP contribution in [-0.2, 0) is 16.0 Å². The molecule has 1 aromatic carbocycles. The lowest BCUT2D eigenvalue weighted by atomic mass is 10.1. The molecule has 0 unspecified atom stereocenters. The molecule has 1 saturated heterocycles. The molecule has 0 bridgehead atoms. The number of aromatic carboxylic acids is 1. The van der Waals surface area contributed by atoms with E-state index in [0.29, 0.717) is 26.3 Å². The Kier molecular flexibility index (Phi) is 3.94. The second kappa shape index (κ2) is 5.64. The van der Waals surface area contributed by atoms with E-state index in [4.69, 9.17) is 9.84 Å². The lowest BCUT2D eigenvalue weighted by molar-refractivity contribution is -0.134. The lowest BCUT2D eigenvalue weighted by Crippen LogP contribution is -2.41. The van der Waals surface area contributed by atoms with Crippen LogP contribution in [0.25, 0.3) is 0 Å². The maximum absolute atomic E-state index is 12.0. The Labute approximate surface area is 105 Å². The first-order valence-corrected chi connectivity index (χ1v) is 5.84. The molecule has 0 spiro atoms. The van der Waals surface area contributed by atoms with Crippen molar-refractivity contribution in [2.24, 2.45) is 0 Å². The summed E-state index contributed by atoms with van der Waals surface area (Å²) in [6, 6.07) is 6.49. The fraction of sp³-hybridized carbons (Fsp3) is 0.385. The third-order valence-corrected chi connectivity index (χ3v) is 2.89. The quantitative estimate of drug-likeness (QED) is 0.860. The van der Waals surface area contributed by atoms with E-state index in [2.05, 4.69) is 0 Å². The molecule has 1 fully saturated rings. The van der Waals surface area contributed by atoms with E-state index in [1.54, 1.807) is 23.1 Å². The van der Waals surface area contributed by atoms with Gasteiger partial charge in [-0.3, -0.25) is 4.79 Å². The summed E-state index contributed by atoms with van der Waals surface area (Å²) in [4.78, 5) is 24.5. The van der Waals surface area contributed by atoms with Gasteiger partial charge in [0.15, 0.2) is 0 Å². The molecular weight excluding hydrogens is 234 g/mol. The van der Waals surface area contributed by atoms with Gasteiger partial charge in [0, 0.05) is 13.1 Å². The van der Waals surface area contributed by atoms with E-state index in [1.807, 2.05) is 0 Å². The Morgan fingerprint density at radius 1 is 1.28 bits per heavy atom. The minimum Gasteiger partial charge on any atom is -0.478 e. The van der Waals surface area contributed by atoms with E-state index < -0.39 is 5.97 Å². The number of carbonyl (C=O) groups excluding carboxylic acids is 1. The van der Waals surface area contributed by atoms with Crippen molar-refractivity contribution in [2.75, 3.05) is 26.3 Å². The normalized spacial score (nSPS) is 15.4. The molecule has 0 saturated carbocycles. The largest absolute Gasteiger partial charge is 0.478 e. The highest BCUT2D eigenvalue weighted by molar-refractivity contribution is 5.88. The third-order valence-electron chi connectivity index (χ3n) is 2.89. The maximum Gasteiger partial charge on any atom is 0.335 e. The van der Waals surface area contributed by atoms with Gasteiger partial charge in [0.2, 0.25) is 5.91 Å². The predicted molar refractivity (Wildman–Crippen MR) is 64.5 cm³/mol. The van der Waals surface area contributed by atoms with Crippen LogP contribution in [0.15, 0.2) is 24.3 Å². The number of morpholine rings is 1. The van der Waals surface area contributed by atoms with Crippen molar-refractivity contribution in [3.05, 3.63) is 35.4 Å². The number of hydrogen-bond acceptors (Lipinski definition) is 3. The minimum absolute atomic E-state index is 0.0147. The summed E-state index contributed by atoms with van der Waals surface area (Å²) in [5.74, 6) is -0.962. The van der Waals surface area contributed by atoms with Crippen LogP contribution in [0.5, 0.6) is 0 Å². The average molecular weight is 249 g/mol. The molecule has 2 rings (SSSR count). The van der Waals surface area contributed by atoms with E-state index in [-0.39, 0.29) is 17.9 Å². The summed E-state index contributed by atoms with van der Waals surface area (Å²) in [6.45, 7) is 2.36. The van der Waals surface area contributed by atoms with Crippen molar-refractivity contribution >= 4 is 11.9 Å². The van der Waals surface area contributed by atoms with Gasteiger partial charge >= 0.3 is 5.97 Å². The van der Waals surface area contributed by atoms with E-state index in [0.717, 1.165) is 5.56 Å².